The number of amides is 2. The van der Waals surface area contributed by atoms with Gasteiger partial charge in [0.1, 0.15) is 23.8 Å². The lowest BCUT2D eigenvalue weighted by Crippen LogP contribution is -2.52. The molecular weight excluding hydrogens is 1220 g/mol. The Morgan fingerprint density at radius 3 is 1.08 bits per heavy atom. The Labute approximate surface area is 574 Å². The van der Waals surface area contributed by atoms with Crippen LogP contribution in [0.5, 0.6) is 0 Å². The van der Waals surface area contributed by atoms with Gasteiger partial charge in [0, 0.05) is 103 Å². The molecule has 2 saturated heterocycles. The number of carbonyl (C=O) groups is 8. The molecule has 6 N–H and O–H groups in total. The van der Waals surface area contributed by atoms with Crippen molar-refractivity contribution in [2.75, 3.05) is 55.6 Å². The van der Waals surface area contributed by atoms with Crippen LogP contribution < -0.4 is 10.6 Å². The van der Waals surface area contributed by atoms with E-state index < -0.39 is 84.6 Å². The van der Waals surface area contributed by atoms with Crippen LogP contribution in [0.2, 0.25) is 0 Å². The molecule has 0 spiro atoms. The lowest BCUT2D eigenvalue weighted by Gasteiger charge is -2.38. The predicted molar refractivity (Wildman–Crippen MR) is 373 cm³/mol. The van der Waals surface area contributed by atoms with Crippen molar-refractivity contribution in [2.45, 2.75) is 246 Å². The lowest BCUT2D eigenvalue weighted by molar-refractivity contribution is -0.145. The monoisotopic (exact) mass is 1350 g/mol. The molecule has 0 saturated carbocycles. The van der Waals surface area contributed by atoms with Crippen LogP contribution >= 0.6 is 0 Å². The molecule has 96 heavy (non-hydrogen) atoms. The highest BCUT2D eigenvalue weighted by atomic mass is 16.6. The van der Waals surface area contributed by atoms with Crippen LogP contribution in [0.3, 0.4) is 0 Å². The average Bonchev–Trinajstić information content (AvgIpc) is 1.63. The summed E-state index contributed by atoms with van der Waals surface area (Å²) in [7, 11) is 9.79. The van der Waals surface area contributed by atoms with E-state index in [-0.39, 0.29) is 172 Å². The maximum atomic E-state index is 13.9. The quantitative estimate of drug-likeness (QED) is 0.0366. The summed E-state index contributed by atoms with van der Waals surface area (Å²) < 4.78 is 23.5. The van der Waals surface area contributed by atoms with Gasteiger partial charge in [-0.25, -0.2) is 0 Å². The second kappa shape index (κ2) is 42.8. The number of hydrogen-bond donors (Lipinski definition) is 6. The van der Waals surface area contributed by atoms with Crippen LogP contribution in [0.1, 0.15) is 171 Å². The Kier molecular flexibility index (Phi) is 38.0. The van der Waals surface area contributed by atoms with Crippen molar-refractivity contribution in [3.05, 3.63) is 71.8 Å². The van der Waals surface area contributed by atoms with Crippen molar-refractivity contribution in [2.24, 2.45) is 59.2 Å². The number of nitrogens with zero attached hydrogens (tertiary/aromatic N) is 2. The van der Waals surface area contributed by atoms with Gasteiger partial charge < -0.3 is 59.8 Å². The fourth-order valence-electron chi connectivity index (χ4n) is 14.3. The minimum absolute atomic E-state index is 0.0186. The fourth-order valence-corrected chi connectivity index (χ4v) is 14.3. The van der Waals surface area contributed by atoms with Gasteiger partial charge >= 0.3 is 0 Å². The Bertz CT molecular complexity index is 2500. The van der Waals surface area contributed by atoms with E-state index in [1.165, 1.54) is 14.2 Å². The number of Topliss-reactive ketones (excluding diaryl/α,β-unsaturated/α-hetero) is 6. The molecule has 2 aromatic carbocycles. The van der Waals surface area contributed by atoms with Crippen LogP contribution in [0.4, 0.5) is 0 Å². The zero-order valence-electron chi connectivity index (χ0n) is 61.4. The second-order valence-corrected chi connectivity index (χ2v) is 28.6. The van der Waals surface area contributed by atoms with Crippen LogP contribution in [0.25, 0.3) is 0 Å². The molecule has 4 unspecified atom stereocenters. The molecule has 0 radical (unpaired) electrons. The van der Waals surface area contributed by atoms with Crippen molar-refractivity contribution in [1.29, 1.82) is 0 Å². The number of hydrogen-bond acceptors (Lipinski definition) is 18. The molecule has 18 atom stereocenters. The van der Waals surface area contributed by atoms with E-state index >= 15 is 0 Å². The number of carbonyl (C=O) groups excluding carboxylic acids is 8. The van der Waals surface area contributed by atoms with E-state index in [9.17, 15) is 58.8 Å². The second-order valence-electron chi connectivity index (χ2n) is 28.6. The molecular formula is C76H124N4O16. The fraction of sp³-hybridized carbons (Fsp3) is 0.737. The van der Waals surface area contributed by atoms with Gasteiger partial charge in [-0.3, -0.25) is 38.4 Å². The molecule has 2 aliphatic rings. The number of ether oxygens (including phenoxy) is 4. The first-order valence-electron chi connectivity index (χ1n) is 35.5. The summed E-state index contributed by atoms with van der Waals surface area (Å²) in [4.78, 5) is 110. The van der Waals surface area contributed by atoms with Gasteiger partial charge in [0.15, 0.2) is 23.1 Å². The maximum absolute atomic E-state index is 13.9. The Balaban J connectivity index is 0.000000500. The number of methoxy groups -OCH3 is 2. The zero-order valence-corrected chi connectivity index (χ0v) is 61.4. The first-order valence-corrected chi connectivity index (χ1v) is 35.5. The largest absolute Gasteiger partial charge is 0.396 e. The first-order chi connectivity index (χ1) is 45.4. The number of benzene rings is 2. The van der Waals surface area contributed by atoms with Gasteiger partial charge in [0.25, 0.3) is 0 Å². The molecule has 4 rings (SSSR count). The third kappa shape index (κ3) is 24.7. The number of nitrogens with one attached hydrogen (secondary N) is 2. The molecule has 2 aliphatic heterocycles. The SMILES string of the molecule is CC[C@H](C)C([C@H](O)CC(=O)CCC1O[C@@H](C(=O)CCc2ccccc2)[C@@H](OC)[C@@H]1CO)N(C)C(=O)[C@@H](CC(=O)[C@@H](NC)C(C)C)C(C)C.CC[C@H](C)C([C@H](O)CC(=O)CCC1O[C@H](C(=O)CCc2ccccc2)[C@@H](OC)[C@@H]1CO)N(C)C(=O)[C@@H](CC(=O)[C@@H](NC)C(C)C)C(C)C. The van der Waals surface area contributed by atoms with E-state index in [4.69, 9.17) is 18.9 Å². The average molecular weight is 1350 g/mol. The van der Waals surface area contributed by atoms with Crippen molar-refractivity contribution in [3.63, 3.8) is 0 Å². The van der Waals surface area contributed by atoms with Crippen molar-refractivity contribution >= 4 is 46.5 Å². The smallest absolute Gasteiger partial charge is 0.226 e. The molecule has 20 nitrogen and oxygen atoms in total. The molecule has 0 bridgehead atoms. The highest BCUT2D eigenvalue weighted by Gasteiger charge is 2.49. The molecule has 544 valence electrons. The number of aryl methyl sites for hydroxylation is 2. The van der Waals surface area contributed by atoms with Crippen molar-refractivity contribution < 1.29 is 77.7 Å². The normalized spacial score (nSPS) is 22.7. The number of aliphatic hydroxyl groups is 4. The van der Waals surface area contributed by atoms with Crippen LogP contribution in [-0.4, -0.2) is 205 Å². The van der Waals surface area contributed by atoms with E-state index in [2.05, 4.69) is 10.6 Å². The summed E-state index contributed by atoms with van der Waals surface area (Å²) in [6.07, 6.45) is -2.64. The standard InChI is InChI=1S/2C38H62N2O8/c2*1-10-25(6)35(40(8)38(46)28(23(2)3)21-31(44)34(39-7)24(4)5)32(45)20-27(42)17-19-33-29(22-41)36(47-9)37(48-33)30(43)18-16-26-14-12-11-13-15-26/h2*11-15,23-25,28-29,32-37,39,41,45H,10,16-22H2,1-9H3/t25-,28-,29+,32+,33?,34-,35?,36-,37+;25-,28-,29+,32+,33?,34-,35?,36-,37-/m00/s1. The topological polar surface area (TPSA) is 285 Å². The summed E-state index contributed by atoms with van der Waals surface area (Å²) in [5, 5.41) is 49.3. The summed E-state index contributed by atoms with van der Waals surface area (Å²) in [6.45, 7) is 22.9. The van der Waals surface area contributed by atoms with E-state index in [0.717, 1.165) is 11.1 Å². The molecule has 2 amide bonds. The number of rotatable bonds is 44. The van der Waals surface area contributed by atoms with Crippen LogP contribution in [0.15, 0.2) is 60.7 Å². The van der Waals surface area contributed by atoms with Gasteiger partial charge in [0.05, 0.1) is 74.0 Å². The molecule has 0 aromatic heterocycles. The third-order valence-electron chi connectivity index (χ3n) is 20.5. The highest BCUT2D eigenvalue weighted by molar-refractivity contribution is 5.91. The summed E-state index contributed by atoms with van der Waals surface area (Å²) in [5.74, 6) is -3.37. The highest BCUT2D eigenvalue weighted by Crippen LogP contribution is 2.36. The maximum Gasteiger partial charge on any atom is 0.226 e. The van der Waals surface area contributed by atoms with Gasteiger partial charge in [-0.05, 0) is 86.4 Å². The number of ketones is 6. The predicted octanol–water partition coefficient (Wildman–Crippen LogP) is 8.06. The third-order valence-corrected chi connectivity index (χ3v) is 20.5. The van der Waals surface area contributed by atoms with E-state index in [1.807, 2.05) is 144 Å². The Hall–Kier alpha value is -5.00. The van der Waals surface area contributed by atoms with Crippen molar-refractivity contribution in [3.8, 4) is 0 Å². The van der Waals surface area contributed by atoms with Gasteiger partial charge in [-0.15, -0.1) is 0 Å². The molecule has 2 aromatic rings. The van der Waals surface area contributed by atoms with Crippen LogP contribution in [0, 0.1) is 59.2 Å². The Morgan fingerprint density at radius 2 is 0.823 bits per heavy atom. The molecule has 0 aliphatic carbocycles. The van der Waals surface area contributed by atoms with Gasteiger partial charge in [0.2, 0.25) is 11.8 Å². The van der Waals surface area contributed by atoms with Gasteiger partial charge in [-0.2, -0.15) is 0 Å². The van der Waals surface area contributed by atoms with Crippen molar-refractivity contribution in [1.82, 2.24) is 20.4 Å². The minimum atomic E-state index is -1.11. The Morgan fingerprint density at radius 1 is 0.500 bits per heavy atom. The summed E-state index contributed by atoms with van der Waals surface area (Å²) in [5.41, 5.74) is 2.09. The zero-order chi connectivity index (χ0) is 72.3. The number of aliphatic hydroxyl groups excluding tert-OH is 4. The first kappa shape index (κ1) is 85.2. The lowest BCUT2D eigenvalue weighted by atomic mass is 9.83. The van der Waals surface area contributed by atoms with Gasteiger partial charge in [-0.1, -0.05) is 157 Å². The van der Waals surface area contributed by atoms with E-state index in [1.54, 1.807) is 38.0 Å². The van der Waals surface area contributed by atoms with Crippen LogP contribution in [-0.2, 0) is 70.1 Å². The minimum Gasteiger partial charge on any atom is -0.396 e. The molecule has 2 heterocycles. The molecule has 2 fully saturated rings. The summed E-state index contributed by atoms with van der Waals surface area (Å²) >= 11 is 0. The summed E-state index contributed by atoms with van der Waals surface area (Å²) in [6, 6.07) is 17.5. The number of likely N-dealkylation sites (N-methyl/N-ethyl adjacent to an activating group) is 4. The van der Waals surface area contributed by atoms with E-state index in [0.29, 0.717) is 25.7 Å². The molecule has 20 heteroatoms.